The molecule has 0 saturated heterocycles. The Morgan fingerprint density at radius 1 is 0.741 bits per heavy atom. The van der Waals surface area contributed by atoms with E-state index in [4.69, 9.17) is 9.47 Å². The zero-order chi connectivity index (χ0) is 18.8. The molecule has 134 valence electrons. The summed E-state index contributed by atoms with van der Waals surface area (Å²) in [6, 6.07) is 24.5. The average Bonchev–Trinajstić information content (AvgIpc) is 3.03. The van der Waals surface area contributed by atoms with E-state index in [0.29, 0.717) is 5.56 Å². The summed E-state index contributed by atoms with van der Waals surface area (Å²) in [5.74, 6) is -2.37. The molecule has 0 radical (unpaired) electrons. The molecule has 0 heterocycles. The maximum absolute atomic E-state index is 13.0. The van der Waals surface area contributed by atoms with Gasteiger partial charge in [-0.1, -0.05) is 78.9 Å². The lowest BCUT2D eigenvalue weighted by Gasteiger charge is -2.19. The fourth-order valence-electron chi connectivity index (χ4n) is 3.55. The van der Waals surface area contributed by atoms with Crippen molar-refractivity contribution >= 4 is 11.9 Å². The summed E-state index contributed by atoms with van der Waals surface area (Å²) >= 11 is 0. The number of carbonyl (C=O) groups excluding carboxylic acids is 2. The summed E-state index contributed by atoms with van der Waals surface area (Å²) in [6.45, 7) is 0. The second-order valence-corrected chi connectivity index (χ2v) is 6.36. The molecule has 0 bridgehead atoms. The molecule has 0 aliphatic heterocycles. The van der Waals surface area contributed by atoms with Crippen molar-refractivity contribution in [2.75, 3.05) is 7.11 Å². The molecule has 0 amide bonds. The van der Waals surface area contributed by atoms with Crippen LogP contribution in [-0.2, 0) is 19.1 Å². The molecule has 1 aliphatic rings. The van der Waals surface area contributed by atoms with Crippen molar-refractivity contribution in [1.29, 1.82) is 0 Å². The van der Waals surface area contributed by atoms with Crippen LogP contribution in [0.3, 0.4) is 0 Å². The second kappa shape index (κ2) is 7.08. The number of fused-ring (bicyclic) bond motifs is 3. The molecule has 4 heteroatoms. The minimum Gasteiger partial charge on any atom is -0.468 e. The van der Waals surface area contributed by atoms with E-state index in [0.717, 1.165) is 22.3 Å². The van der Waals surface area contributed by atoms with Gasteiger partial charge >= 0.3 is 11.9 Å². The highest BCUT2D eigenvalue weighted by Crippen LogP contribution is 2.45. The van der Waals surface area contributed by atoms with Crippen molar-refractivity contribution in [3.05, 3.63) is 95.6 Å². The third kappa shape index (κ3) is 2.99. The SMILES string of the molecule is COC(=O)C(C(=O)OC1c2ccccc2-c2ccccc21)c1ccccc1. The zero-order valence-corrected chi connectivity index (χ0v) is 14.8. The smallest absolute Gasteiger partial charge is 0.325 e. The summed E-state index contributed by atoms with van der Waals surface area (Å²) in [5, 5.41) is 0. The first-order valence-electron chi connectivity index (χ1n) is 8.72. The van der Waals surface area contributed by atoms with Gasteiger partial charge in [-0.15, -0.1) is 0 Å². The van der Waals surface area contributed by atoms with Crippen molar-refractivity contribution in [3.8, 4) is 11.1 Å². The van der Waals surface area contributed by atoms with E-state index in [1.54, 1.807) is 24.3 Å². The Morgan fingerprint density at radius 3 is 1.81 bits per heavy atom. The first-order chi connectivity index (χ1) is 13.2. The van der Waals surface area contributed by atoms with Gasteiger partial charge in [-0.25, -0.2) is 0 Å². The Bertz CT molecular complexity index is 949. The Kier molecular flexibility index (Phi) is 4.47. The molecule has 1 unspecified atom stereocenters. The van der Waals surface area contributed by atoms with Crippen LogP contribution in [0.2, 0.25) is 0 Å². The lowest BCUT2D eigenvalue weighted by molar-refractivity contribution is -0.158. The van der Waals surface area contributed by atoms with Crippen LogP contribution in [-0.4, -0.2) is 19.0 Å². The van der Waals surface area contributed by atoms with Gasteiger partial charge in [0.2, 0.25) is 0 Å². The molecule has 1 aliphatic carbocycles. The lowest BCUT2D eigenvalue weighted by Crippen LogP contribution is -2.26. The topological polar surface area (TPSA) is 52.6 Å². The van der Waals surface area contributed by atoms with Gasteiger partial charge < -0.3 is 9.47 Å². The van der Waals surface area contributed by atoms with Crippen LogP contribution in [0.5, 0.6) is 0 Å². The number of ether oxygens (including phenoxy) is 2. The van der Waals surface area contributed by atoms with E-state index in [-0.39, 0.29) is 0 Å². The highest BCUT2D eigenvalue weighted by atomic mass is 16.6. The van der Waals surface area contributed by atoms with Crippen molar-refractivity contribution < 1.29 is 19.1 Å². The summed E-state index contributed by atoms with van der Waals surface area (Å²) in [6.07, 6.45) is -0.541. The van der Waals surface area contributed by atoms with Gasteiger partial charge in [0, 0.05) is 11.1 Å². The molecule has 3 aromatic carbocycles. The number of hydrogen-bond donors (Lipinski definition) is 0. The second-order valence-electron chi connectivity index (χ2n) is 6.36. The van der Waals surface area contributed by atoms with E-state index >= 15 is 0 Å². The summed E-state index contributed by atoms with van der Waals surface area (Å²) in [5.41, 5.74) is 4.47. The fourth-order valence-corrected chi connectivity index (χ4v) is 3.55. The number of methoxy groups -OCH3 is 1. The maximum Gasteiger partial charge on any atom is 0.325 e. The maximum atomic E-state index is 13.0. The third-order valence-corrected chi connectivity index (χ3v) is 4.82. The Labute approximate surface area is 157 Å². The Balaban J connectivity index is 1.70. The lowest BCUT2D eigenvalue weighted by atomic mass is 9.99. The van der Waals surface area contributed by atoms with E-state index in [1.165, 1.54) is 7.11 Å². The monoisotopic (exact) mass is 358 g/mol. The van der Waals surface area contributed by atoms with E-state index in [2.05, 4.69) is 0 Å². The van der Waals surface area contributed by atoms with E-state index in [9.17, 15) is 9.59 Å². The van der Waals surface area contributed by atoms with Crippen molar-refractivity contribution in [3.63, 3.8) is 0 Å². The zero-order valence-electron chi connectivity index (χ0n) is 14.8. The van der Waals surface area contributed by atoms with Gasteiger partial charge in [-0.05, 0) is 16.7 Å². The van der Waals surface area contributed by atoms with Crippen molar-refractivity contribution in [1.82, 2.24) is 0 Å². The molecule has 0 saturated carbocycles. The Morgan fingerprint density at radius 2 is 1.26 bits per heavy atom. The van der Waals surface area contributed by atoms with E-state index < -0.39 is 24.0 Å². The first kappa shape index (κ1) is 17.0. The molecule has 27 heavy (non-hydrogen) atoms. The molecule has 0 fully saturated rings. The van der Waals surface area contributed by atoms with Crippen LogP contribution < -0.4 is 0 Å². The van der Waals surface area contributed by atoms with Gasteiger partial charge in [0.25, 0.3) is 0 Å². The Hall–Kier alpha value is -3.40. The molecule has 0 N–H and O–H groups in total. The van der Waals surface area contributed by atoms with Gasteiger partial charge in [0.1, 0.15) is 0 Å². The third-order valence-electron chi connectivity index (χ3n) is 4.82. The standard InChI is InChI=1S/C23H18O4/c1-26-22(24)20(15-9-3-2-4-10-15)23(25)27-21-18-13-7-5-11-16(18)17-12-6-8-14-19(17)21/h2-14,20-21H,1H3. The van der Waals surface area contributed by atoms with Gasteiger partial charge in [0.15, 0.2) is 12.0 Å². The number of hydrogen-bond acceptors (Lipinski definition) is 4. The molecule has 3 aromatic rings. The molecular weight excluding hydrogens is 340 g/mol. The first-order valence-corrected chi connectivity index (χ1v) is 8.72. The van der Waals surface area contributed by atoms with Crippen LogP contribution in [0.25, 0.3) is 11.1 Å². The van der Waals surface area contributed by atoms with Crippen LogP contribution in [0.15, 0.2) is 78.9 Å². The minimum atomic E-state index is -1.11. The van der Waals surface area contributed by atoms with Crippen LogP contribution in [0.1, 0.15) is 28.7 Å². The summed E-state index contributed by atoms with van der Waals surface area (Å²) in [7, 11) is 1.27. The molecule has 4 nitrogen and oxygen atoms in total. The molecule has 4 rings (SSSR count). The molecular formula is C23H18O4. The molecule has 0 spiro atoms. The predicted octanol–water partition coefficient (Wildman–Crippen LogP) is 4.26. The normalized spacial score (nSPS) is 13.4. The van der Waals surface area contributed by atoms with Crippen molar-refractivity contribution in [2.45, 2.75) is 12.0 Å². The van der Waals surface area contributed by atoms with Gasteiger partial charge in [0.05, 0.1) is 7.11 Å². The summed E-state index contributed by atoms with van der Waals surface area (Å²) in [4.78, 5) is 25.3. The van der Waals surface area contributed by atoms with Crippen LogP contribution in [0, 0.1) is 0 Å². The van der Waals surface area contributed by atoms with Gasteiger partial charge in [-0.2, -0.15) is 0 Å². The fraction of sp³-hybridized carbons (Fsp3) is 0.130. The number of carbonyl (C=O) groups is 2. The highest BCUT2D eigenvalue weighted by molar-refractivity contribution is 6.01. The molecule has 0 aromatic heterocycles. The summed E-state index contributed by atoms with van der Waals surface area (Å²) < 4.78 is 10.7. The highest BCUT2D eigenvalue weighted by Gasteiger charge is 2.36. The van der Waals surface area contributed by atoms with E-state index in [1.807, 2.05) is 54.6 Å². The minimum absolute atomic E-state index is 0.541. The number of benzene rings is 3. The van der Waals surface area contributed by atoms with Crippen LogP contribution in [0.4, 0.5) is 0 Å². The number of esters is 2. The van der Waals surface area contributed by atoms with Crippen LogP contribution >= 0.6 is 0 Å². The predicted molar refractivity (Wildman–Crippen MR) is 101 cm³/mol. The van der Waals surface area contributed by atoms with Gasteiger partial charge in [-0.3, -0.25) is 9.59 Å². The quantitative estimate of drug-likeness (QED) is 0.517. The van der Waals surface area contributed by atoms with Crippen molar-refractivity contribution in [2.24, 2.45) is 0 Å². The largest absolute Gasteiger partial charge is 0.468 e. The average molecular weight is 358 g/mol. The molecule has 1 atom stereocenters. The number of rotatable bonds is 4.